The number of alkyl halides is 2. The molecule has 0 saturated heterocycles. The summed E-state index contributed by atoms with van der Waals surface area (Å²) >= 11 is 0. The van der Waals surface area contributed by atoms with Gasteiger partial charge in [0.2, 0.25) is 11.7 Å². The molecule has 1 unspecified atom stereocenters. The highest BCUT2D eigenvalue weighted by atomic mass is 19.3. The molecule has 3 nitrogen and oxygen atoms in total. The molecule has 24 heavy (non-hydrogen) atoms. The van der Waals surface area contributed by atoms with Gasteiger partial charge in [-0.2, -0.15) is 9.49 Å². The number of nitrogens with zero attached hydrogens (tertiary/aromatic N) is 2. The predicted octanol–water partition coefficient (Wildman–Crippen LogP) is 6.23. The second-order valence-electron chi connectivity index (χ2n) is 6.69. The van der Waals surface area contributed by atoms with Gasteiger partial charge in [-0.1, -0.05) is 58.8 Å². The zero-order valence-corrected chi connectivity index (χ0v) is 15.4. The van der Waals surface area contributed by atoms with Gasteiger partial charge in [-0.05, 0) is 19.8 Å². The van der Waals surface area contributed by atoms with Crippen LogP contribution in [-0.4, -0.2) is 16.9 Å². The Kier molecular flexibility index (Phi) is 8.63. The van der Waals surface area contributed by atoms with E-state index in [-0.39, 0.29) is 5.88 Å². The van der Waals surface area contributed by atoms with Crippen molar-refractivity contribution in [1.82, 2.24) is 9.78 Å². The quantitative estimate of drug-likeness (QED) is 0.418. The minimum Gasteiger partial charge on any atom is -0.479 e. The van der Waals surface area contributed by atoms with Gasteiger partial charge in [0, 0.05) is 0 Å². The highest BCUT2D eigenvalue weighted by Crippen LogP contribution is 2.37. The van der Waals surface area contributed by atoms with Crippen LogP contribution in [0.2, 0.25) is 0 Å². The lowest BCUT2D eigenvalue weighted by Crippen LogP contribution is -2.32. The molecule has 0 radical (unpaired) electrons. The summed E-state index contributed by atoms with van der Waals surface area (Å²) in [5, 5.41) is 3.89. The smallest absolute Gasteiger partial charge is 0.285 e. The zero-order valence-electron chi connectivity index (χ0n) is 15.4. The van der Waals surface area contributed by atoms with Gasteiger partial charge >= 0.3 is 0 Å². The molecule has 1 aromatic heterocycles. The number of hydrogen-bond donors (Lipinski definition) is 0. The van der Waals surface area contributed by atoms with Crippen molar-refractivity contribution in [2.75, 3.05) is 7.11 Å². The lowest BCUT2D eigenvalue weighted by atomic mass is 9.88. The fourth-order valence-corrected chi connectivity index (χ4v) is 3.08. The highest BCUT2D eigenvalue weighted by Gasteiger charge is 2.35. The van der Waals surface area contributed by atoms with E-state index in [4.69, 9.17) is 4.74 Å². The molecule has 140 valence electrons. The van der Waals surface area contributed by atoms with Gasteiger partial charge in [-0.15, -0.1) is 0 Å². The predicted molar refractivity (Wildman–Crippen MR) is 90.2 cm³/mol. The second kappa shape index (κ2) is 9.94. The van der Waals surface area contributed by atoms with Gasteiger partial charge in [0.05, 0.1) is 12.6 Å². The lowest BCUT2D eigenvalue weighted by molar-refractivity contribution is 0.137. The number of halogens is 3. The molecule has 0 spiro atoms. The fraction of sp³-hybridized carbons (Fsp3) is 0.833. The van der Waals surface area contributed by atoms with E-state index in [2.05, 4.69) is 18.9 Å². The Morgan fingerprint density at radius 3 is 2.17 bits per heavy atom. The van der Waals surface area contributed by atoms with Crippen molar-refractivity contribution in [2.24, 2.45) is 0 Å². The first-order chi connectivity index (χ1) is 11.4. The Morgan fingerprint density at radius 2 is 1.62 bits per heavy atom. The summed E-state index contributed by atoms with van der Waals surface area (Å²) in [7, 11) is 1.30. The first kappa shape index (κ1) is 20.8. The summed E-state index contributed by atoms with van der Waals surface area (Å²) in [5.74, 6) is -1.22. The van der Waals surface area contributed by atoms with Crippen molar-refractivity contribution in [3.8, 4) is 5.88 Å². The van der Waals surface area contributed by atoms with E-state index in [1.165, 1.54) is 24.6 Å². The molecule has 1 heterocycles. The van der Waals surface area contributed by atoms with Crippen molar-refractivity contribution in [2.45, 2.75) is 90.5 Å². The van der Waals surface area contributed by atoms with Gasteiger partial charge in [0.15, 0.2) is 5.69 Å². The first-order valence-corrected chi connectivity index (χ1v) is 9.02. The number of aromatic nitrogens is 2. The fourth-order valence-electron chi connectivity index (χ4n) is 3.08. The monoisotopic (exact) mass is 348 g/mol. The van der Waals surface area contributed by atoms with Crippen LogP contribution in [0.1, 0.15) is 90.7 Å². The summed E-state index contributed by atoms with van der Waals surface area (Å²) in [4.78, 5) is 0. The maximum atomic E-state index is 14.2. The molecule has 0 aromatic carbocycles. The van der Waals surface area contributed by atoms with Gasteiger partial charge in [-0.25, -0.2) is 13.5 Å². The summed E-state index contributed by atoms with van der Waals surface area (Å²) in [6, 6.07) is 0. The normalized spacial score (nSPS) is 14.2. The minimum atomic E-state index is -2.94. The van der Waals surface area contributed by atoms with Crippen LogP contribution in [-0.2, 0) is 5.54 Å². The number of unbranched alkanes of at least 4 members (excludes halogenated alkanes) is 5. The van der Waals surface area contributed by atoms with Gasteiger partial charge < -0.3 is 4.74 Å². The molecule has 0 amide bonds. The topological polar surface area (TPSA) is 27.1 Å². The number of rotatable bonds is 12. The number of ether oxygens (including phenoxy) is 1. The van der Waals surface area contributed by atoms with Gasteiger partial charge in [0.25, 0.3) is 6.43 Å². The highest BCUT2D eigenvalue weighted by molar-refractivity contribution is 5.22. The molecule has 0 aliphatic heterocycles. The summed E-state index contributed by atoms with van der Waals surface area (Å²) in [6.07, 6.45) is 6.09. The van der Waals surface area contributed by atoms with E-state index in [1.54, 1.807) is 0 Å². The van der Waals surface area contributed by atoms with Crippen LogP contribution in [0.15, 0.2) is 0 Å². The molecule has 1 aromatic rings. The van der Waals surface area contributed by atoms with E-state index >= 15 is 0 Å². The van der Waals surface area contributed by atoms with Gasteiger partial charge in [0.1, 0.15) is 0 Å². The molecule has 0 fully saturated rings. The third kappa shape index (κ3) is 5.15. The van der Waals surface area contributed by atoms with Crippen LogP contribution >= 0.6 is 0 Å². The second-order valence-corrected chi connectivity index (χ2v) is 6.69. The lowest BCUT2D eigenvalue weighted by Gasteiger charge is -2.31. The molecule has 6 heteroatoms. The maximum Gasteiger partial charge on any atom is 0.285 e. The summed E-state index contributed by atoms with van der Waals surface area (Å²) in [5.41, 5.74) is -1.33. The van der Waals surface area contributed by atoms with Crippen LogP contribution < -0.4 is 4.74 Å². The first-order valence-electron chi connectivity index (χ1n) is 9.02. The summed E-state index contributed by atoms with van der Waals surface area (Å²) in [6.45, 7) is 6.20. The van der Waals surface area contributed by atoms with Crippen molar-refractivity contribution in [3.05, 3.63) is 11.5 Å². The van der Waals surface area contributed by atoms with Crippen molar-refractivity contribution in [1.29, 1.82) is 0 Å². The van der Waals surface area contributed by atoms with Crippen LogP contribution in [0.4, 0.5) is 13.2 Å². The Bertz CT molecular complexity index is 491. The van der Waals surface area contributed by atoms with Crippen LogP contribution in [0.25, 0.3) is 0 Å². The molecule has 0 saturated carbocycles. The van der Waals surface area contributed by atoms with Crippen LogP contribution in [0, 0.1) is 5.82 Å². The number of methoxy groups -OCH3 is 1. The van der Waals surface area contributed by atoms with Crippen LogP contribution in [0.3, 0.4) is 0 Å². The van der Waals surface area contributed by atoms with Crippen LogP contribution in [0.5, 0.6) is 5.88 Å². The molecular weight excluding hydrogens is 317 g/mol. The standard InChI is InChI=1S/C18H31F3N2O/c1-5-7-9-10-11-13-18(3,12-8-6-2)23-17(24-4)14(19)15(22-23)16(20)21/h16H,5-13H2,1-4H3. The maximum absolute atomic E-state index is 14.2. The SMILES string of the molecule is CCCCCCCC(C)(CCCC)n1nc(C(F)F)c(F)c1OC. The minimum absolute atomic E-state index is 0.183. The van der Waals surface area contributed by atoms with E-state index in [9.17, 15) is 13.2 Å². The molecule has 0 aliphatic rings. The molecule has 1 rings (SSSR count). The van der Waals surface area contributed by atoms with E-state index in [0.717, 1.165) is 44.9 Å². The van der Waals surface area contributed by atoms with E-state index in [0.29, 0.717) is 0 Å². The molecule has 0 N–H and O–H groups in total. The third-order valence-electron chi connectivity index (χ3n) is 4.61. The van der Waals surface area contributed by atoms with E-state index < -0.39 is 23.5 Å². The van der Waals surface area contributed by atoms with Crippen molar-refractivity contribution in [3.63, 3.8) is 0 Å². The molecule has 0 bridgehead atoms. The zero-order chi connectivity index (χ0) is 18.2. The van der Waals surface area contributed by atoms with Crippen molar-refractivity contribution < 1.29 is 17.9 Å². The Balaban J connectivity index is 3.03. The Hall–Kier alpha value is -1.20. The van der Waals surface area contributed by atoms with E-state index in [1.807, 2.05) is 6.92 Å². The number of hydrogen-bond acceptors (Lipinski definition) is 2. The molecular formula is C18H31F3N2O. The third-order valence-corrected chi connectivity index (χ3v) is 4.61. The summed E-state index contributed by atoms with van der Waals surface area (Å²) < 4.78 is 46.7. The molecule has 0 aliphatic carbocycles. The largest absolute Gasteiger partial charge is 0.479 e. The average molecular weight is 348 g/mol. The Morgan fingerprint density at radius 1 is 1.04 bits per heavy atom. The average Bonchev–Trinajstić information content (AvgIpc) is 2.90. The Labute approximate surface area is 143 Å². The van der Waals surface area contributed by atoms with Crippen molar-refractivity contribution >= 4 is 0 Å². The van der Waals surface area contributed by atoms with Gasteiger partial charge in [-0.3, -0.25) is 0 Å². The molecule has 1 atom stereocenters.